The SMILES string of the molecule is CC1=CCC(C)(C)C=CCC(C)C(O)CC1. The van der Waals surface area contributed by atoms with E-state index >= 15 is 0 Å². The van der Waals surface area contributed by atoms with Gasteiger partial charge in [-0.25, -0.2) is 0 Å². The molecular formula is C15H26O. The van der Waals surface area contributed by atoms with Crippen LogP contribution in [0.4, 0.5) is 0 Å². The quantitative estimate of drug-likeness (QED) is 0.612. The molecule has 0 aliphatic heterocycles. The lowest BCUT2D eigenvalue weighted by Gasteiger charge is -2.18. The highest BCUT2D eigenvalue weighted by molar-refractivity contribution is 5.06. The third kappa shape index (κ3) is 4.52. The molecule has 1 N–H and O–H groups in total. The van der Waals surface area contributed by atoms with Crippen LogP contribution in [0.3, 0.4) is 0 Å². The Kier molecular flexibility index (Phi) is 4.79. The minimum atomic E-state index is -0.158. The molecule has 92 valence electrons. The van der Waals surface area contributed by atoms with E-state index in [1.54, 1.807) is 0 Å². The molecule has 0 fully saturated rings. The first-order chi connectivity index (χ1) is 7.41. The first kappa shape index (κ1) is 13.5. The molecule has 0 bridgehead atoms. The van der Waals surface area contributed by atoms with Gasteiger partial charge in [0.25, 0.3) is 0 Å². The summed E-state index contributed by atoms with van der Waals surface area (Å²) < 4.78 is 0. The maximum Gasteiger partial charge on any atom is 0.0571 e. The number of hydrogen-bond acceptors (Lipinski definition) is 1. The van der Waals surface area contributed by atoms with Crippen molar-refractivity contribution in [2.75, 3.05) is 0 Å². The van der Waals surface area contributed by atoms with Crippen molar-refractivity contribution >= 4 is 0 Å². The average molecular weight is 222 g/mol. The van der Waals surface area contributed by atoms with Crippen LogP contribution in [0.25, 0.3) is 0 Å². The topological polar surface area (TPSA) is 20.2 Å². The van der Waals surface area contributed by atoms with Gasteiger partial charge in [-0.2, -0.15) is 0 Å². The van der Waals surface area contributed by atoms with Gasteiger partial charge in [-0.1, -0.05) is 44.6 Å². The van der Waals surface area contributed by atoms with Gasteiger partial charge >= 0.3 is 0 Å². The van der Waals surface area contributed by atoms with Gasteiger partial charge in [0.05, 0.1) is 6.10 Å². The van der Waals surface area contributed by atoms with Crippen LogP contribution in [0.2, 0.25) is 0 Å². The molecule has 2 unspecified atom stereocenters. The predicted molar refractivity (Wildman–Crippen MR) is 70.3 cm³/mol. The Balaban J connectivity index is 2.77. The van der Waals surface area contributed by atoms with Crippen molar-refractivity contribution in [2.45, 2.75) is 59.5 Å². The third-order valence-corrected chi connectivity index (χ3v) is 3.54. The fraction of sp³-hybridized carbons (Fsp3) is 0.733. The molecule has 0 spiro atoms. The predicted octanol–water partition coefficient (Wildman–Crippen LogP) is 4.09. The maximum atomic E-state index is 9.98. The summed E-state index contributed by atoms with van der Waals surface area (Å²) in [7, 11) is 0. The Labute approximate surface area is 100 Å². The van der Waals surface area contributed by atoms with Crippen LogP contribution in [0.15, 0.2) is 23.8 Å². The number of allylic oxidation sites excluding steroid dienone is 4. The van der Waals surface area contributed by atoms with Crippen molar-refractivity contribution in [2.24, 2.45) is 11.3 Å². The highest BCUT2D eigenvalue weighted by Crippen LogP contribution is 2.27. The first-order valence-electron chi connectivity index (χ1n) is 6.42. The zero-order chi connectivity index (χ0) is 12.2. The van der Waals surface area contributed by atoms with Crippen LogP contribution >= 0.6 is 0 Å². The highest BCUT2D eigenvalue weighted by atomic mass is 16.3. The summed E-state index contributed by atoms with van der Waals surface area (Å²) in [6.45, 7) is 8.85. The van der Waals surface area contributed by atoms with Crippen LogP contribution in [0.5, 0.6) is 0 Å². The summed E-state index contributed by atoms with van der Waals surface area (Å²) in [5.41, 5.74) is 1.66. The molecule has 1 aliphatic rings. The second-order valence-corrected chi connectivity index (χ2v) is 5.96. The van der Waals surface area contributed by atoms with Crippen molar-refractivity contribution < 1.29 is 5.11 Å². The standard InChI is InChI=1S/C15H26O/c1-12-7-8-14(16)13(2)6-5-10-15(3,4)11-9-12/h5,9-10,13-14,16H,6-8,11H2,1-4H3. The smallest absolute Gasteiger partial charge is 0.0571 e. The molecule has 0 saturated heterocycles. The van der Waals surface area contributed by atoms with Gasteiger partial charge in [0.2, 0.25) is 0 Å². The largest absolute Gasteiger partial charge is 0.393 e. The summed E-state index contributed by atoms with van der Waals surface area (Å²) in [4.78, 5) is 0. The third-order valence-electron chi connectivity index (χ3n) is 3.54. The van der Waals surface area contributed by atoms with Gasteiger partial charge in [-0.05, 0) is 43.9 Å². The molecule has 1 rings (SSSR count). The lowest BCUT2D eigenvalue weighted by Crippen LogP contribution is -2.16. The van der Waals surface area contributed by atoms with Crippen molar-refractivity contribution in [1.29, 1.82) is 0 Å². The maximum absolute atomic E-state index is 9.98. The molecule has 0 saturated carbocycles. The normalized spacial score (nSPS) is 31.7. The molecule has 0 amide bonds. The van der Waals surface area contributed by atoms with Gasteiger partial charge in [0.15, 0.2) is 0 Å². The molecule has 1 nitrogen and oxygen atoms in total. The Morgan fingerprint density at radius 2 is 2.06 bits per heavy atom. The summed E-state index contributed by atoms with van der Waals surface area (Å²) in [5, 5.41) is 9.98. The van der Waals surface area contributed by atoms with E-state index in [0.717, 1.165) is 25.7 Å². The van der Waals surface area contributed by atoms with Crippen molar-refractivity contribution in [1.82, 2.24) is 0 Å². The lowest BCUT2D eigenvalue weighted by molar-refractivity contribution is 0.109. The monoisotopic (exact) mass is 222 g/mol. The van der Waals surface area contributed by atoms with E-state index in [1.165, 1.54) is 5.57 Å². The van der Waals surface area contributed by atoms with Crippen molar-refractivity contribution in [3.63, 3.8) is 0 Å². The van der Waals surface area contributed by atoms with E-state index in [-0.39, 0.29) is 11.5 Å². The number of aliphatic hydroxyl groups is 1. The summed E-state index contributed by atoms with van der Waals surface area (Å²) in [6, 6.07) is 0. The van der Waals surface area contributed by atoms with E-state index < -0.39 is 0 Å². The van der Waals surface area contributed by atoms with Crippen molar-refractivity contribution in [3.05, 3.63) is 23.8 Å². The van der Waals surface area contributed by atoms with E-state index in [0.29, 0.717) is 5.92 Å². The van der Waals surface area contributed by atoms with Crippen molar-refractivity contribution in [3.8, 4) is 0 Å². The second kappa shape index (κ2) is 5.67. The Morgan fingerprint density at radius 1 is 1.38 bits per heavy atom. The molecule has 1 heteroatoms. The molecule has 0 aromatic carbocycles. The average Bonchev–Trinajstić information content (AvgIpc) is 2.23. The summed E-state index contributed by atoms with van der Waals surface area (Å²) in [6.07, 6.45) is 10.7. The van der Waals surface area contributed by atoms with Crippen LogP contribution < -0.4 is 0 Å². The fourth-order valence-corrected chi connectivity index (χ4v) is 2.03. The molecule has 0 radical (unpaired) electrons. The molecule has 2 atom stereocenters. The van der Waals surface area contributed by atoms with E-state index in [2.05, 4.69) is 45.9 Å². The minimum Gasteiger partial charge on any atom is -0.393 e. The van der Waals surface area contributed by atoms with Gasteiger partial charge < -0.3 is 5.11 Å². The van der Waals surface area contributed by atoms with Crippen LogP contribution in [0, 0.1) is 11.3 Å². The number of aliphatic hydroxyl groups excluding tert-OH is 1. The number of hydrogen-bond donors (Lipinski definition) is 1. The second-order valence-electron chi connectivity index (χ2n) is 5.96. The fourth-order valence-electron chi connectivity index (χ4n) is 2.03. The van der Waals surface area contributed by atoms with Gasteiger partial charge in [-0.3, -0.25) is 0 Å². The summed E-state index contributed by atoms with van der Waals surface area (Å²) >= 11 is 0. The Hall–Kier alpha value is -0.560. The minimum absolute atomic E-state index is 0.158. The Bertz CT molecular complexity index is 273. The summed E-state index contributed by atoms with van der Waals surface area (Å²) in [5.74, 6) is 0.373. The zero-order valence-corrected chi connectivity index (χ0v) is 11.2. The van der Waals surface area contributed by atoms with Crippen LogP contribution in [0.1, 0.15) is 53.4 Å². The molecule has 1 aliphatic carbocycles. The molecular weight excluding hydrogens is 196 g/mol. The van der Waals surface area contributed by atoms with Gasteiger partial charge in [0, 0.05) is 0 Å². The van der Waals surface area contributed by atoms with E-state index in [4.69, 9.17) is 0 Å². The zero-order valence-electron chi connectivity index (χ0n) is 11.2. The van der Waals surface area contributed by atoms with Crippen LogP contribution in [-0.2, 0) is 0 Å². The van der Waals surface area contributed by atoms with Gasteiger partial charge in [-0.15, -0.1) is 0 Å². The molecule has 0 aromatic heterocycles. The Morgan fingerprint density at radius 3 is 2.75 bits per heavy atom. The first-order valence-corrected chi connectivity index (χ1v) is 6.42. The highest BCUT2D eigenvalue weighted by Gasteiger charge is 2.16. The van der Waals surface area contributed by atoms with E-state index in [1.807, 2.05) is 0 Å². The van der Waals surface area contributed by atoms with Crippen LogP contribution in [-0.4, -0.2) is 11.2 Å². The molecule has 0 heterocycles. The molecule has 16 heavy (non-hydrogen) atoms. The lowest BCUT2D eigenvalue weighted by atomic mass is 9.87. The molecule has 0 aromatic rings. The van der Waals surface area contributed by atoms with E-state index in [9.17, 15) is 5.11 Å². The number of rotatable bonds is 0. The van der Waals surface area contributed by atoms with Gasteiger partial charge in [0.1, 0.15) is 0 Å².